The lowest BCUT2D eigenvalue weighted by Gasteiger charge is -2.33. The summed E-state index contributed by atoms with van der Waals surface area (Å²) in [6, 6.07) is 5.70. The van der Waals surface area contributed by atoms with E-state index in [1.54, 1.807) is 0 Å². The van der Waals surface area contributed by atoms with E-state index in [1.165, 1.54) is 0 Å². The summed E-state index contributed by atoms with van der Waals surface area (Å²) in [6.07, 6.45) is 3.90. The highest BCUT2D eigenvalue weighted by atomic mass is 35.5. The maximum absolute atomic E-state index is 6.11. The van der Waals surface area contributed by atoms with Crippen LogP contribution in [0.1, 0.15) is 24.4 Å². The summed E-state index contributed by atoms with van der Waals surface area (Å²) < 4.78 is 8.06. The standard InChI is InChI=1S/C16H19Cl2N3O/c1-2-21-6-5-19-16(21)11-20-7-8-22-15(10-20)12-3-4-13(17)14(18)9-12/h3-6,9,15H,2,7-8,10-11H2,1H3/t15-/m1/s1. The third-order valence-corrected chi connectivity index (χ3v) is 4.71. The first-order valence-electron chi connectivity index (χ1n) is 7.46. The van der Waals surface area contributed by atoms with E-state index in [0.717, 1.165) is 37.6 Å². The summed E-state index contributed by atoms with van der Waals surface area (Å²) in [7, 11) is 0. The van der Waals surface area contributed by atoms with E-state index in [-0.39, 0.29) is 6.10 Å². The van der Waals surface area contributed by atoms with Crippen molar-refractivity contribution < 1.29 is 4.74 Å². The number of morpholine rings is 1. The van der Waals surface area contributed by atoms with Crippen LogP contribution in [0.2, 0.25) is 10.0 Å². The molecule has 0 N–H and O–H groups in total. The molecule has 4 nitrogen and oxygen atoms in total. The van der Waals surface area contributed by atoms with Crippen molar-refractivity contribution in [1.29, 1.82) is 0 Å². The zero-order chi connectivity index (χ0) is 15.5. The smallest absolute Gasteiger partial charge is 0.122 e. The van der Waals surface area contributed by atoms with E-state index in [4.69, 9.17) is 27.9 Å². The summed E-state index contributed by atoms with van der Waals surface area (Å²) in [4.78, 5) is 6.81. The lowest BCUT2D eigenvalue weighted by molar-refractivity contribution is -0.0339. The van der Waals surface area contributed by atoms with Crippen molar-refractivity contribution in [2.24, 2.45) is 0 Å². The van der Waals surface area contributed by atoms with Crippen LogP contribution in [-0.2, 0) is 17.8 Å². The molecule has 3 rings (SSSR count). The molecule has 118 valence electrons. The Labute approximate surface area is 140 Å². The third-order valence-electron chi connectivity index (χ3n) is 3.97. The number of ether oxygens (including phenoxy) is 1. The Balaban J connectivity index is 1.70. The number of benzene rings is 1. The number of imidazole rings is 1. The van der Waals surface area contributed by atoms with Crippen molar-refractivity contribution >= 4 is 23.2 Å². The molecule has 0 bridgehead atoms. The van der Waals surface area contributed by atoms with Gasteiger partial charge in [0, 0.05) is 32.0 Å². The average molecular weight is 340 g/mol. The Bertz CT molecular complexity index is 644. The van der Waals surface area contributed by atoms with Gasteiger partial charge < -0.3 is 9.30 Å². The van der Waals surface area contributed by atoms with E-state index >= 15 is 0 Å². The van der Waals surface area contributed by atoms with Gasteiger partial charge >= 0.3 is 0 Å². The third kappa shape index (κ3) is 3.46. The predicted molar refractivity (Wildman–Crippen MR) is 88.3 cm³/mol. The lowest BCUT2D eigenvalue weighted by Crippen LogP contribution is -2.38. The number of halogens is 2. The molecule has 22 heavy (non-hydrogen) atoms. The summed E-state index contributed by atoms with van der Waals surface area (Å²) in [5.41, 5.74) is 1.07. The average Bonchev–Trinajstić information content (AvgIpc) is 2.97. The van der Waals surface area contributed by atoms with E-state index in [1.807, 2.05) is 30.6 Å². The van der Waals surface area contributed by atoms with Gasteiger partial charge in [-0.05, 0) is 24.6 Å². The monoisotopic (exact) mass is 339 g/mol. The first kappa shape index (κ1) is 15.8. The molecular formula is C16H19Cl2N3O. The lowest BCUT2D eigenvalue weighted by atomic mass is 10.1. The van der Waals surface area contributed by atoms with Crippen molar-refractivity contribution in [3.63, 3.8) is 0 Å². The second-order valence-corrected chi connectivity index (χ2v) is 6.21. The van der Waals surface area contributed by atoms with Crippen LogP contribution in [0.25, 0.3) is 0 Å². The Morgan fingerprint density at radius 1 is 1.32 bits per heavy atom. The number of aryl methyl sites for hydroxylation is 1. The van der Waals surface area contributed by atoms with Gasteiger partial charge in [-0.1, -0.05) is 29.3 Å². The highest BCUT2D eigenvalue weighted by molar-refractivity contribution is 6.42. The maximum atomic E-state index is 6.11. The quantitative estimate of drug-likeness (QED) is 0.848. The van der Waals surface area contributed by atoms with Crippen LogP contribution in [0.15, 0.2) is 30.6 Å². The topological polar surface area (TPSA) is 30.3 Å². The molecule has 0 amide bonds. The molecule has 0 unspecified atom stereocenters. The number of hydrogen-bond acceptors (Lipinski definition) is 3. The SMILES string of the molecule is CCn1ccnc1CN1CCO[C@@H](c2ccc(Cl)c(Cl)c2)C1. The molecular weight excluding hydrogens is 321 g/mol. The molecule has 2 aromatic rings. The number of rotatable bonds is 4. The number of nitrogens with zero attached hydrogens (tertiary/aromatic N) is 3. The van der Waals surface area contributed by atoms with E-state index in [0.29, 0.717) is 16.7 Å². The maximum Gasteiger partial charge on any atom is 0.122 e. The van der Waals surface area contributed by atoms with Gasteiger partial charge in [0.1, 0.15) is 5.82 Å². The van der Waals surface area contributed by atoms with Gasteiger partial charge in [0.05, 0.1) is 29.3 Å². The summed E-state index contributed by atoms with van der Waals surface area (Å²) in [5.74, 6) is 1.09. The van der Waals surface area contributed by atoms with Crippen LogP contribution in [0.4, 0.5) is 0 Å². The van der Waals surface area contributed by atoms with Crippen LogP contribution in [0, 0.1) is 0 Å². The highest BCUT2D eigenvalue weighted by Crippen LogP contribution is 2.29. The Hall–Kier alpha value is -1.07. The highest BCUT2D eigenvalue weighted by Gasteiger charge is 2.23. The fourth-order valence-corrected chi connectivity index (χ4v) is 3.05. The van der Waals surface area contributed by atoms with Gasteiger partial charge in [0.15, 0.2) is 0 Å². The molecule has 1 aliphatic heterocycles. The molecule has 0 saturated carbocycles. The zero-order valence-electron chi connectivity index (χ0n) is 12.5. The second kappa shape index (κ2) is 7.01. The number of hydrogen-bond donors (Lipinski definition) is 0. The van der Waals surface area contributed by atoms with Gasteiger partial charge in [0.25, 0.3) is 0 Å². The Morgan fingerprint density at radius 2 is 2.18 bits per heavy atom. The molecule has 1 aromatic heterocycles. The van der Waals surface area contributed by atoms with E-state index < -0.39 is 0 Å². The summed E-state index contributed by atoms with van der Waals surface area (Å²) in [6.45, 7) is 6.35. The van der Waals surface area contributed by atoms with Crippen LogP contribution in [0.5, 0.6) is 0 Å². The molecule has 2 heterocycles. The fourth-order valence-electron chi connectivity index (χ4n) is 2.74. The molecule has 0 radical (unpaired) electrons. The van der Waals surface area contributed by atoms with Gasteiger partial charge in [-0.15, -0.1) is 0 Å². The van der Waals surface area contributed by atoms with Crippen molar-refractivity contribution in [2.75, 3.05) is 19.7 Å². The van der Waals surface area contributed by atoms with Crippen LogP contribution in [0.3, 0.4) is 0 Å². The molecule has 1 saturated heterocycles. The van der Waals surface area contributed by atoms with Gasteiger partial charge in [-0.2, -0.15) is 0 Å². The Kier molecular flexibility index (Phi) is 5.03. The van der Waals surface area contributed by atoms with Crippen molar-refractivity contribution in [2.45, 2.75) is 26.1 Å². The fraction of sp³-hybridized carbons (Fsp3) is 0.438. The molecule has 1 fully saturated rings. The zero-order valence-corrected chi connectivity index (χ0v) is 14.0. The molecule has 0 spiro atoms. The van der Waals surface area contributed by atoms with Gasteiger partial charge in [0.2, 0.25) is 0 Å². The molecule has 0 aliphatic carbocycles. The van der Waals surface area contributed by atoms with Crippen molar-refractivity contribution in [3.8, 4) is 0 Å². The van der Waals surface area contributed by atoms with E-state index in [9.17, 15) is 0 Å². The first-order valence-corrected chi connectivity index (χ1v) is 8.22. The minimum atomic E-state index is 0.0218. The first-order chi connectivity index (χ1) is 10.7. The molecule has 1 atom stereocenters. The van der Waals surface area contributed by atoms with Crippen LogP contribution in [-0.4, -0.2) is 34.1 Å². The molecule has 6 heteroatoms. The molecule has 1 aromatic carbocycles. The van der Waals surface area contributed by atoms with Crippen LogP contribution >= 0.6 is 23.2 Å². The van der Waals surface area contributed by atoms with Crippen molar-refractivity contribution in [1.82, 2.24) is 14.5 Å². The summed E-state index contributed by atoms with van der Waals surface area (Å²) in [5, 5.41) is 1.14. The second-order valence-electron chi connectivity index (χ2n) is 5.40. The van der Waals surface area contributed by atoms with Gasteiger partial charge in [-0.3, -0.25) is 4.90 Å². The summed E-state index contributed by atoms with van der Waals surface area (Å²) >= 11 is 12.1. The largest absolute Gasteiger partial charge is 0.371 e. The number of aromatic nitrogens is 2. The van der Waals surface area contributed by atoms with Crippen molar-refractivity contribution in [3.05, 3.63) is 52.0 Å². The predicted octanol–water partition coefficient (Wildman–Crippen LogP) is 3.78. The Morgan fingerprint density at radius 3 is 2.95 bits per heavy atom. The molecule has 1 aliphatic rings. The van der Waals surface area contributed by atoms with E-state index in [2.05, 4.69) is 21.4 Å². The van der Waals surface area contributed by atoms with Gasteiger partial charge in [-0.25, -0.2) is 4.98 Å². The minimum Gasteiger partial charge on any atom is -0.371 e. The van der Waals surface area contributed by atoms with Crippen LogP contribution < -0.4 is 0 Å². The minimum absolute atomic E-state index is 0.0218. The normalized spacial score (nSPS) is 19.5.